The molecule has 0 fully saturated rings. The maximum Gasteiger partial charge on any atom is 0.298 e. The van der Waals surface area contributed by atoms with E-state index in [1.54, 1.807) is 12.1 Å². The molecule has 1 aromatic rings. The molecule has 0 radical (unpaired) electrons. The Kier molecular flexibility index (Phi) is 5.25. The van der Waals surface area contributed by atoms with Gasteiger partial charge in [0.2, 0.25) is 0 Å². The minimum atomic E-state index is -3.70. The molecule has 0 heterocycles. The molecule has 0 saturated heterocycles. The number of halogens is 1. The third-order valence-electron chi connectivity index (χ3n) is 2.09. The second-order valence-corrected chi connectivity index (χ2v) is 5.40. The van der Waals surface area contributed by atoms with Crippen LogP contribution in [-0.2, 0) is 14.3 Å². The van der Waals surface area contributed by atoms with Crippen molar-refractivity contribution in [2.45, 2.75) is 31.1 Å². The number of unbranched alkanes of at least 4 members (excludes halogenated alkanes) is 2. The summed E-state index contributed by atoms with van der Waals surface area (Å²) in [5.41, 5.74) is 0. The lowest BCUT2D eigenvalue weighted by Gasteiger charge is -2.06. The van der Waals surface area contributed by atoms with Gasteiger partial charge in [0.05, 0.1) is 11.6 Å². The molecule has 1 rings (SSSR count). The largest absolute Gasteiger partial charge is 0.298 e. The van der Waals surface area contributed by atoms with Crippen molar-refractivity contribution in [2.24, 2.45) is 0 Å². The average Bonchev–Trinajstić information content (AvgIpc) is 2.25. The van der Waals surface area contributed by atoms with Crippen molar-refractivity contribution in [3.05, 3.63) is 29.3 Å². The highest BCUT2D eigenvalue weighted by molar-refractivity contribution is 7.86. The van der Waals surface area contributed by atoms with E-state index < -0.39 is 10.1 Å². The van der Waals surface area contributed by atoms with Gasteiger partial charge in [-0.3, -0.25) is 4.18 Å². The van der Waals surface area contributed by atoms with Crippen LogP contribution in [0, 0.1) is 0 Å². The summed E-state index contributed by atoms with van der Waals surface area (Å²) in [6, 6.07) is 6.27. The van der Waals surface area contributed by atoms with Crippen molar-refractivity contribution in [1.29, 1.82) is 0 Å². The zero-order valence-electron chi connectivity index (χ0n) is 9.15. The van der Waals surface area contributed by atoms with Crippen LogP contribution in [0.1, 0.15) is 26.2 Å². The van der Waals surface area contributed by atoms with Gasteiger partial charge in [0.25, 0.3) is 10.1 Å². The van der Waals surface area contributed by atoms with Gasteiger partial charge in [-0.25, -0.2) is 0 Å². The second kappa shape index (κ2) is 6.23. The monoisotopic (exact) mass is 262 g/mol. The van der Waals surface area contributed by atoms with Crippen molar-refractivity contribution in [1.82, 2.24) is 0 Å². The van der Waals surface area contributed by atoms with E-state index in [2.05, 4.69) is 0 Å². The molecule has 16 heavy (non-hydrogen) atoms. The standard InChI is InChI=1S/C11H15ClO3S/c1-2-3-6-9-15-16(13,14)11-8-5-4-7-10(11)12/h4-5,7-8H,2-3,6,9H2,1H3. The van der Waals surface area contributed by atoms with Gasteiger partial charge in [0, 0.05) is 0 Å². The average molecular weight is 263 g/mol. The molecule has 0 unspecified atom stereocenters. The topological polar surface area (TPSA) is 43.4 Å². The van der Waals surface area contributed by atoms with Gasteiger partial charge in [-0.2, -0.15) is 8.42 Å². The molecule has 0 amide bonds. The van der Waals surface area contributed by atoms with E-state index in [4.69, 9.17) is 15.8 Å². The molecule has 90 valence electrons. The van der Waals surface area contributed by atoms with Crippen LogP contribution in [0.4, 0.5) is 0 Å². The predicted octanol–water partition coefficient (Wildman–Crippen LogP) is 3.24. The van der Waals surface area contributed by atoms with Gasteiger partial charge < -0.3 is 0 Å². The Hall–Kier alpha value is -0.580. The minimum absolute atomic E-state index is 0.0353. The quantitative estimate of drug-likeness (QED) is 0.584. The third kappa shape index (κ3) is 3.77. The first-order valence-electron chi connectivity index (χ1n) is 5.22. The van der Waals surface area contributed by atoms with Gasteiger partial charge in [0.15, 0.2) is 0 Å². The summed E-state index contributed by atoms with van der Waals surface area (Å²) in [6.07, 6.45) is 2.72. The van der Waals surface area contributed by atoms with E-state index in [0.29, 0.717) is 0 Å². The molecule has 0 bridgehead atoms. The van der Waals surface area contributed by atoms with Crippen molar-refractivity contribution in [2.75, 3.05) is 6.61 Å². The van der Waals surface area contributed by atoms with Gasteiger partial charge in [0.1, 0.15) is 4.90 Å². The zero-order valence-corrected chi connectivity index (χ0v) is 10.7. The van der Waals surface area contributed by atoms with E-state index in [0.717, 1.165) is 19.3 Å². The molecular weight excluding hydrogens is 248 g/mol. The number of rotatable bonds is 6. The first-order valence-corrected chi connectivity index (χ1v) is 7.00. The van der Waals surface area contributed by atoms with Crippen molar-refractivity contribution < 1.29 is 12.6 Å². The summed E-state index contributed by atoms with van der Waals surface area (Å²) in [4.78, 5) is 0.0353. The van der Waals surface area contributed by atoms with Gasteiger partial charge >= 0.3 is 0 Å². The highest BCUT2D eigenvalue weighted by Gasteiger charge is 2.17. The summed E-state index contributed by atoms with van der Waals surface area (Å²) < 4.78 is 28.3. The molecule has 0 N–H and O–H groups in total. The first-order chi connectivity index (χ1) is 7.58. The summed E-state index contributed by atoms with van der Waals surface area (Å²) in [6.45, 7) is 2.25. The Morgan fingerprint density at radius 3 is 2.56 bits per heavy atom. The molecule has 0 saturated carbocycles. The van der Waals surface area contributed by atoms with Crippen molar-refractivity contribution in [3.8, 4) is 0 Å². The minimum Gasteiger partial charge on any atom is -0.266 e. The fourth-order valence-electron chi connectivity index (χ4n) is 1.23. The molecule has 0 aliphatic carbocycles. The molecule has 0 aromatic heterocycles. The molecule has 0 aliphatic rings. The SMILES string of the molecule is CCCCCOS(=O)(=O)c1ccccc1Cl. The Morgan fingerprint density at radius 2 is 1.94 bits per heavy atom. The van der Waals surface area contributed by atoms with Crippen molar-refractivity contribution in [3.63, 3.8) is 0 Å². The lowest BCUT2D eigenvalue weighted by Crippen LogP contribution is -2.08. The van der Waals surface area contributed by atoms with E-state index >= 15 is 0 Å². The number of benzene rings is 1. The molecule has 3 nitrogen and oxygen atoms in total. The first kappa shape index (κ1) is 13.5. The van der Waals surface area contributed by atoms with Crippen LogP contribution in [-0.4, -0.2) is 15.0 Å². The maximum atomic E-state index is 11.7. The van der Waals surface area contributed by atoms with Gasteiger partial charge in [-0.15, -0.1) is 0 Å². The third-order valence-corrected chi connectivity index (χ3v) is 3.91. The fraction of sp³-hybridized carbons (Fsp3) is 0.455. The smallest absolute Gasteiger partial charge is 0.266 e. The zero-order chi connectivity index (χ0) is 12.0. The Balaban J connectivity index is 2.68. The second-order valence-electron chi connectivity index (χ2n) is 3.41. The summed E-state index contributed by atoms with van der Waals surface area (Å²) in [7, 11) is -3.70. The van der Waals surface area contributed by atoms with Crippen LogP contribution >= 0.6 is 11.6 Å². The summed E-state index contributed by atoms with van der Waals surface area (Å²) >= 11 is 5.79. The molecule has 5 heteroatoms. The fourth-order valence-corrected chi connectivity index (χ4v) is 2.67. The van der Waals surface area contributed by atoms with E-state index in [1.165, 1.54) is 12.1 Å². The van der Waals surface area contributed by atoms with Crippen LogP contribution < -0.4 is 0 Å². The molecule has 1 aromatic carbocycles. The van der Waals surface area contributed by atoms with Gasteiger partial charge in [-0.05, 0) is 18.6 Å². The number of hydrogen-bond donors (Lipinski definition) is 0. The number of hydrogen-bond acceptors (Lipinski definition) is 3. The van der Waals surface area contributed by atoms with E-state index in [-0.39, 0.29) is 16.5 Å². The molecule has 0 atom stereocenters. The van der Waals surface area contributed by atoms with Crippen LogP contribution in [0.15, 0.2) is 29.2 Å². The predicted molar refractivity (Wildman–Crippen MR) is 64.1 cm³/mol. The Labute approximate surface area is 102 Å². The molecule has 0 aliphatic heterocycles. The normalized spacial score (nSPS) is 11.6. The van der Waals surface area contributed by atoms with Gasteiger partial charge in [-0.1, -0.05) is 43.5 Å². The van der Waals surface area contributed by atoms with Crippen LogP contribution in [0.5, 0.6) is 0 Å². The lowest BCUT2D eigenvalue weighted by molar-refractivity contribution is 0.308. The van der Waals surface area contributed by atoms with Crippen LogP contribution in [0.2, 0.25) is 5.02 Å². The van der Waals surface area contributed by atoms with Crippen molar-refractivity contribution >= 4 is 21.7 Å². The maximum absolute atomic E-state index is 11.7. The lowest BCUT2D eigenvalue weighted by atomic mass is 10.3. The van der Waals surface area contributed by atoms with Crippen LogP contribution in [0.25, 0.3) is 0 Å². The van der Waals surface area contributed by atoms with E-state index in [9.17, 15) is 8.42 Å². The Morgan fingerprint density at radius 1 is 1.25 bits per heavy atom. The molecule has 0 spiro atoms. The van der Waals surface area contributed by atoms with E-state index in [1.807, 2.05) is 6.92 Å². The molecular formula is C11H15ClO3S. The highest BCUT2D eigenvalue weighted by atomic mass is 35.5. The Bertz CT molecular complexity index is 429. The summed E-state index contributed by atoms with van der Waals surface area (Å²) in [5.74, 6) is 0. The van der Waals surface area contributed by atoms with Crippen LogP contribution in [0.3, 0.4) is 0 Å². The summed E-state index contributed by atoms with van der Waals surface area (Å²) in [5, 5.41) is 0.193. The highest BCUT2D eigenvalue weighted by Crippen LogP contribution is 2.22.